The van der Waals surface area contributed by atoms with E-state index >= 15 is 0 Å². The van der Waals surface area contributed by atoms with Gasteiger partial charge in [0.15, 0.2) is 0 Å². The molecule has 0 aliphatic carbocycles. The first kappa shape index (κ1) is 42.0. The molecule has 0 radical (unpaired) electrons. The van der Waals surface area contributed by atoms with Crippen LogP contribution in [0.15, 0.2) is 91.1 Å². The Hall–Kier alpha value is -6.74. The van der Waals surface area contributed by atoms with E-state index in [0.29, 0.717) is 43.3 Å². The van der Waals surface area contributed by atoms with Crippen molar-refractivity contribution in [3.05, 3.63) is 108 Å². The Morgan fingerprint density at radius 2 is 1.52 bits per heavy atom. The summed E-state index contributed by atoms with van der Waals surface area (Å²) in [5.41, 5.74) is 6.23. The topological polar surface area (TPSA) is 184 Å². The molecule has 2 aliphatic rings. The van der Waals surface area contributed by atoms with Gasteiger partial charge in [-0.2, -0.15) is 0 Å². The van der Waals surface area contributed by atoms with Gasteiger partial charge in [0.2, 0.25) is 5.91 Å². The average Bonchev–Trinajstić information content (AvgIpc) is 4.13. The number of aromatic nitrogens is 4. The molecule has 5 atom stereocenters. The zero-order valence-electron chi connectivity index (χ0n) is 35.5. The number of benzene rings is 4. The van der Waals surface area contributed by atoms with Crippen LogP contribution in [0.2, 0.25) is 0 Å². The minimum absolute atomic E-state index is 0.0758. The third-order valence-electron chi connectivity index (χ3n) is 12.1. The summed E-state index contributed by atoms with van der Waals surface area (Å²) in [6.45, 7) is 5.31. The SMILES string of the molecule is COC[C@H]1C[C@@H](c2nc3c(ccc4cc(-c5ccc(-c6cnc([C@@H]7CCCN7C(=O)C(NC(=O)OC)C(C)C)[nH]6)cc5)ccc43)[nH]2)N(C(=O)[C@H](NC(=O)OC)c2ccccc2)C1. The number of H-pyrrole nitrogens is 2. The van der Waals surface area contributed by atoms with E-state index in [4.69, 9.17) is 24.2 Å². The van der Waals surface area contributed by atoms with Gasteiger partial charge in [0.1, 0.15) is 23.7 Å². The lowest BCUT2D eigenvalue weighted by molar-refractivity contribution is -0.136. The van der Waals surface area contributed by atoms with Crippen molar-refractivity contribution in [2.24, 2.45) is 11.8 Å². The zero-order valence-corrected chi connectivity index (χ0v) is 35.5. The highest BCUT2D eigenvalue weighted by Crippen LogP contribution is 2.39. The van der Waals surface area contributed by atoms with E-state index in [1.807, 2.05) is 50.2 Å². The van der Waals surface area contributed by atoms with E-state index < -0.39 is 24.3 Å². The molecule has 62 heavy (non-hydrogen) atoms. The molecule has 4 heterocycles. The molecular weight excluding hydrogens is 789 g/mol. The number of fused-ring (bicyclic) bond motifs is 3. The van der Waals surface area contributed by atoms with Gasteiger partial charge in [0.25, 0.3) is 5.91 Å². The Bertz CT molecular complexity index is 2570. The second-order valence-electron chi connectivity index (χ2n) is 16.4. The Morgan fingerprint density at radius 3 is 2.24 bits per heavy atom. The van der Waals surface area contributed by atoms with E-state index in [2.05, 4.69) is 69.1 Å². The number of hydrogen-bond acceptors (Lipinski definition) is 9. The summed E-state index contributed by atoms with van der Waals surface area (Å²) >= 11 is 0. The minimum atomic E-state index is -0.941. The molecule has 0 bridgehead atoms. The predicted molar refractivity (Wildman–Crippen MR) is 234 cm³/mol. The van der Waals surface area contributed by atoms with Crippen LogP contribution < -0.4 is 10.6 Å². The maximum absolute atomic E-state index is 14.3. The van der Waals surface area contributed by atoms with Crippen LogP contribution in [-0.2, 0) is 23.8 Å². The summed E-state index contributed by atoms with van der Waals surface area (Å²) in [4.78, 5) is 72.8. The van der Waals surface area contributed by atoms with Gasteiger partial charge in [-0.1, -0.05) is 86.6 Å². The number of alkyl carbamates (subject to hydrolysis) is 2. The molecule has 2 fully saturated rings. The summed E-state index contributed by atoms with van der Waals surface area (Å²) in [6, 6.07) is 25.6. The largest absolute Gasteiger partial charge is 0.453 e. The molecule has 2 aromatic heterocycles. The molecule has 322 valence electrons. The van der Waals surface area contributed by atoms with Crippen LogP contribution in [0.4, 0.5) is 9.59 Å². The number of ether oxygens (including phenoxy) is 3. The van der Waals surface area contributed by atoms with Crippen molar-refractivity contribution < 1.29 is 33.4 Å². The Morgan fingerprint density at radius 1 is 0.790 bits per heavy atom. The predicted octanol–water partition coefficient (Wildman–Crippen LogP) is 7.45. The Kier molecular flexibility index (Phi) is 12.2. The van der Waals surface area contributed by atoms with Gasteiger partial charge >= 0.3 is 12.2 Å². The molecule has 6 aromatic rings. The van der Waals surface area contributed by atoms with Gasteiger partial charge in [-0.05, 0) is 65.0 Å². The maximum Gasteiger partial charge on any atom is 0.407 e. The molecule has 4 aromatic carbocycles. The highest BCUT2D eigenvalue weighted by Gasteiger charge is 2.42. The summed E-state index contributed by atoms with van der Waals surface area (Å²) < 4.78 is 15.2. The van der Waals surface area contributed by atoms with Gasteiger partial charge < -0.3 is 44.6 Å². The summed E-state index contributed by atoms with van der Waals surface area (Å²) in [7, 11) is 4.22. The van der Waals surface area contributed by atoms with Crippen molar-refractivity contribution in [3.8, 4) is 22.4 Å². The molecule has 2 aliphatic heterocycles. The summed E-state index contributed by atoms with van der Waals surface area (Å²) in [5.74, 6) is 0.951. The Balaban J connectivity index is 1.01. The van der Waals surface area contributed by atoms with Crippen LogP contribution in [0.3, 0.4) is 0 Å². The molecule has 2 saturated heterocycles. The number of rotatable bonds is 12. The molecular formula is C47H52N8O7. The first-order chi connectivity index (χ1) is 30.1. The number of methoxy groups -OCH3 is 3. The molecule has 4 N–H and O–H groups in total. The highest BCUT2D eigenvalue weighted by atomic mass is 16.5. The summed E-state index contributed by atoms with van der Waals surface area (Å²) in [6.07, 6.45) is 2.74. The van der Waals surface area contributed by atoms with Crippen LogP contribution in [0.25, 0.3) is 44.2 Å². The number of hydrogen-bond donors (Lipinski definition) is 4. The van der Waals surface area contributed by atoms with Crippen LogP contribution in [0.1, 0.15) is 68.4 Å². The van der Waals surface area contributed by atoms with Crippen LogP contribution in [-0.4, -0.2) is 101 Å². The average molecular weight is 841 g/mol. The molecule has 15 heteroatoms. The quantitative estimate of drug-likeness (QED) is 0.0972. The third-order valence-corrected chi connectivity index (χ3v) is 12.1. The number of nitrogens with one attached hydrogen (secondary N) is 4. The van der Waals surface area contributed by atoms with Crippen molar-refractivity contribution >= 4 is 45.8 Å². The minimum Gasteiger partial charge on any atom is -0.453 e. The van der Waals surface area contributed by atoms with Crippen molar-refractivity contribution in [2.75, 3.05) is 41.0 Å². The van der Waals surface area contributed by atoms with Gasteiger partial charge in [-0.25, -0.2) is 19.6 Å². The number of nitrogens with zero attached hydrogens (tertiary/aromatic N) is 4. The lowest BCUT2D eigenvalue weighted by atomic mass is 9.99. The van der Waals surface area contributed by atoms with Crippen LogP contribution >= 0.6 is 0 Å². The lowest BCUT2D eigenvalue weighted by Gasteiger charge is -2.30. The molecule has 4 amide bonds. The zero-order chi connectivity index (χ0) is 43.5. The Labute approximate surface area is 359 Å². The molecule has 15 nitrogen and oxygen atoms in total. The number of aromatic amines is 2. The van der Waals surface area contributed by atoms with E-state index in [0.717, 1.165) is 57.0 Å². The van der Waals surface area contributed by atoms with E-state index in [9.17, 15) is 19.2 Å². The fraction of sp³-hybridized carbons (Fsp3) is 0.362. The summed E-state index contributed by atoms with van der Waals surface area (Å²) in [5, 5.41) is 7.45. The van der Waals surface area contributed by atoms with Gasteiger partial charge in [-0.15, -0.1) is 0 Å². The molecule has 8 rings (SSSR count). The van der Waals surface area contributed by atoms with Gasteiger partial charge in [0, 0.05) is 31.5 Å². The van der Waals surface area contributed by atoms with Crippen molar-refractivity contribution in [2.45, 2.75) is 57.3 Å². The molecule has 0 spiro atoms. The first-order valence-corrected chi connectivity index (χ1v) is 21.0. The second kappa shape index (κ2) is 18.1. The maximum atomic E-state index is 14.3. The van der Waals surface area contributed by atoms with Crippen molar-refractivity contribution in [3.63, 3.8) is 0 Å². The number of amides is 4. The number of imidazole rings is 2. The second-order valence-corrected chi connectivity index (χ2v) is 16.4. The van der Waals surface area contributed by atoms with E-state index in [1.165, 1.54) is 14.2 Å². The van der Waals surface area contributed by atoms with Gasteiger partial charge in [0.05, 0.1) is 55.8 Å². The fourth-order valence-corrected chi connectivity index (χ4v) is 8.90. The standard InChI is InChI=1S/C47H52N8O7/c1-27(2)39(52-46(58)61-4)44(56)54-21-9-12-37(54)42-48-24-36(50-42)30-15-13-29(14-16-30)32-17-19-34-33(23-32)18-20-35-41(34)51-43(49-35)38-22-28(26-60-3)25-55(38)45(57)40(53-47(59)62-5)31-10-7-6-8-11-31/h6-8,10-11,13-20,23-24,27-28,37-40H,9,12,21-22,25-26H2,1-5H3,(H,48,50)(H,49,51)(H,52,58)(H,53,59)/t28-,37-,38-,39?,40+/m0/s1. The van der Waals surface area contributed by atoms with E-state index in [1.54, 1.807) is 23.1 Å². The highest BCUT2D eigenvalue weighted by molar-refractivity contribution is 6.05. The molecule has 0 saturated carbocycles. The monoisotopic (exact) mass is 840 g/mol. The van der Waals surface area contributed by atoms with Crippen molar-refractivity contribution in [1.82, 2.24) is 40.4 Å². The fourth-order valence-electron chi connectivity index (χ4n) is 8.90. The van der Waals surface area contributed by atoms with Crippen molar-refractivity contribution in [1.29, 1.82) is 0 Å². The number of carbonyl (C=O) groups is 4. The van der Waals surface area contributed by atoms with E-state index in [-0.39, 0.29) is 35.7 Å². The third kappa shape index (κ3) is 8.44. The molecule has 1 unspecified atom stereocenters. The first-order valence-electron chi connectivity index (χ1n) is 21.0. The number of carbonyl (C=O) groups excluding carboxylic acids is 4. The normalized spacial score (nSPS) is 18.6. The van der Waals surface area contributed by atoms with Crippen LogP contribution in [0, 0.1) is 11.8 Å². The number of likely N-dealkylation sites (tertiary alicyclic amines) is 2. The smallest absolute Gasteiger partial charge is 0.407 e. The van der Waals surface area contributed by atoms with Crippen LogP contribution in [0.5, 0.6) is 0 Å². The van der Waals surface area contributed by atoms with Gasteiger partial charge in [-0.3, -0.25) is 9.59 Å². The lowest BCUT2D eigenvalue weighted by Crippen LogP contribution is -2.51.